The molecular formula is C18H27FN2O3S. The molecule has 1 amide bonds. The van der Waals surface area contributed by atoms with Crippen molar-refractivity contribution in [2.24, 2.45) is 0 Å². The topological polar surface area (TPSA) is 66.5 Å². The van der Waals surface area contributed by atoms with E-state index in [1.165, 1.54) is 16.4 Å². The van der Waals surface area contributed by atoms with Gasteiger partial charge in [0.1, 0.15) is 5.82 Å². The van der Waals surface area contributed by atoms with Gasteiger partial charge in [0.25, 0.3) is 0 Å². The van der Waals surface area contributed by atoms with Gasteiger partial charge in [-0.05, 0) is 42.9 Å². The molecule has 1 N–H and O–H groups in total. The van der Waals surface area contributed by atoms with Crippen LogP contribution in [0, 0.1) is 5.82 Å². The number of nitrogens with zero attached hydrogens (tertiary/aromatic N) is 1. The van der Waals surface area contributed by atoms with E-state index in [1.807, 2.05) is 6.92 Å². The van der Waals surface area contributed by atoms with E-state index in [1.54, 1.807) is 12.1 Å². The summed E-state index contributed by atoms with van der Waals surface area (Å²) in [6, 6.07) is 6.16. The van der Waals surface area contributed by atoms with E-state index < -0.39 is 10.0 Å². The van der Waals surface area contributed by atoms with E-state index in [2.05, 4.69) is 5.32 Å². The summed E-state index contributed by atoms with van der Waals surface area (Å²) in [6.07, 6.45) is 3.91. The van der Waals surface area contributed by atoms with Crippen LogP contribution in [0.5, 0.6) is 0 Å². The fraction of sp³-hybridized carbons (Fsp3) is 0.611. The first kappa shape index (κ1) is 19.8. The Morgan fingerprint density at radius 1 is 1.20 bits per heavy atom. The summed E-state index contributed by atoms with van der Waals surface area (Å²) >= 11 is 0. The van der Waals surface area contributed by atoms with Crippen molar-refractivity contribution in [2.45, 2.75) is 44.9 Å². The van der Waals surface area contributed by atoms with Gasteiger partial charge in [-0.2, -0.15) is 0 Å². The van der Waals surface area contributed by atoms with Crippen molar-refractivity contribution in [1.82, 2.24) is 9.62 Å². The van der Waals surface area contributed by atoms with Gasteiger partial charge in [0.15, 0.2) is 0 Å². The van der Waals surface area contributed by atoms with Gasteiger partial charge in [0, 0.05) is 26.1 Å². The molecule has 0 bridgehead atoms. The number of carbonyl (C=O) groups is 1. The molecule has 1 saturated heterocycles. The lowest BCUT2D eigenvalue weighted by molar-refractivity contribution is -0.121. The number of benzene rings is 1. The molecule has 140 valence electrons. The van der Waals surface area contributed by atoms with Gasteiger partial charge in [0.2, 0.25) is 15.9 Å². The van der Waals surface area contributed by atoms with Crippen LogP contribution in [-0.2, 0) is 14.8 Å². The number of hydrogen-bond donors (Lipinski definition) is 1. The molecule has 1 aromatic carbocycles. The van der Waals surface area contributed by atoms with Crippen molar-refractivity contribution in [2.75, 3.05) is 25.4 Å². The minimum atomic E-state index is -3.29. The van der Waals surface area contributed by atoms with Crippen molar-refractivity contribution < 1.29 is 17.6 Å². The molecule has 7 heteroatoms. The minimum absolute atomic E-state index is 0.000647. The number of amides is 1. The van der Waals surface area contributed by atoms with E-state index in [0.29, 0.717) is 13.1 Å². The third-order valence-electron chi connectivity index (χ3n) is 4.66. The molecule has 2 rings (SSSR count). The Labute approximate surface area is 149 Å². The van der Waals surface area contributed by atoms with Crippen LogP contribution >= 0.6 is 0 Å². The predicted molar refractivity (Wildman–Crippen MR) is 96.3 cm³/mol. The molecule has 1 aliphatic rings. The molecule has 1 fully saturated rings. The van der Waals surface area contributed by atoms with Gasteiger partial charge < -0.3 is 5.32 Å². The fourth-order valence-corrected chi connectivity index (χ4v) is 4.55. The average Bonchev–Trinajstić information content (AvgIpc) is 2.61. The molecule has 1 unspecified atom stereocenters. The second kappa shape index (κ2) is 9.29. The molecule has 1 aliphatic heterocycles. The predicted octanol–water partition coefficient (Wildman–Crippen LogP) is 2.64. The maximum Gasteiger partial charge on any atom is 0.220 e. The quantitative estimate of drug-likeness (QED) is 0.765. The maximum absolute atomic E-state index is 13.0. The summed E-state index contributed by atoms with van der Waals surface area (Å²) in [5.74, 6) is -0.540. The second-order valence-electron chi connectivity index (χ2n) is 6.49. The summed E-state index contributed by atoms with van der Waals surface area (Å²) in [6.45, 7) is 3.26. The Balaban J connectivity index is 1.80. The molecule has 1 heterocycles. The zero-order chi connectivity index (χ0) is 18.3. The van der Waals surface area contributed by atoms with Gasteiger partial charge in [-0.3, -0.25) is 4.79 Å². The monoisotopic (exact) mass is 370 g/mol. The van der Waals surface area contributed by atoms with E-state index >= 15 is 0 Å². The zero-order valence-electron chi connectivity index (χ0n) is 14.7. The fourth-order valence-electron chi connectivity index (χ4n) is 3.12. The van der Waals surface area contributed by atoms with Crippen LogP contribution in [0.1, 0.15) is 50.5 Å². The normalized spacial score (nSPS) is 17.2. The van der Waals surface area contributed by atoms with Gasteiger partial charge in [-0.1, -0.05) is 25.5 Å². The first-order chi connectivity index (χ1) is 11.9. The highest BCUT2D eigenvalue weighted by Gasteiger charge is 2.23. The van der Waals surface area contributed by atoms with Crippen molar-refractivity contribution in [3.05, 3.63) is 35.6 Å². The van der Waals surface area contributed by atoms with Crippen molar-refractivity contribution in [3.8, 4) is 0 Å². The van der Waals surface area contributed by atoms with Crippen molar-refractivity contribution in [3.63, 3.8) is 0 Å². The highest BCUT2D eigenvalue weighted by Crippen LogP contribution is 2.23. The van der Waals surface area contributed by atoms with Crippen LogP contribution in [0.3, 0.4) is 0 Å². The highest BCUT2D eigenvalue weighted by molar-refractivity contribution is 7.89. The zero-order valence-corrected chi connectivity index (χ0v) is 15.5. The number of nitrogens with one attached hydrogen (secondary N) is 1. The van der Waals surface area contributed by atoms with Crippen LogP contribution in [0.4, 0.5) is 4.39 Å². The van der Waals surface area contributed by atoms with Gasteiger partial charge in [-0.15, -0.1) is 0 Å². The van der Waals surface area contributed by atoms with Crippen LogP contribution in [0.2, 0.25) is 0 Å². The number of hydrogen-bond acceptors (Lipinski definition) is 3. The Morgan fingerprint density at radius 2 is 1.84 bits per heavy atom. The number of piperidine rings is 1. The lowest BCUT2D eigenvalue weighted by Gasteiger charge is -2.25. The average molecular weight is 370 g/mol. The summed E-state index contributed by atoms with van der Waals surface area (Å²) in [5.41, 5.74) is 0.917. The van der Waals surface area contributed by atoms with Crippen molar-refractivity contribution in [1.29, 1.82) is 0 Å². The standard InChI is InChI=1S/C18H27FN2O3S/c1-2-15(16-6-8-17(19)9-7-16)14-18(22)20-10-13-25(23,24)21-11-4-3-5-12-21/h6-9,15H,2-5,10-14H2,1H3,(H,20,22). The molecule has 0 saturated carbocycles. The van der Waals surface area contributed by atoms with Crippen LogP contribution < -0.4 is 5.32 Å². The van der Waals surface area contributed by atoms with E-state index in [9.17, 15) is 17.6 Å². The molecule has 0 radical (unpaired) electrons. The SMILES string of the molecule is CCC(CC(=O)NCCS(=O)(=O)N1CCCCC1)c1ccc(F)cc1. The number of carbonyl (C=O) groups excluding carboxylic acids is 1. The molecule has 1 aromatic rings. The van der Waals surface area contributed by atoms with Gasteiger partial charge >= 0.3 is 0 Å². The highest BCUT2D eigenvalue weighted by atomic mass is 32.2. The Kier molecular flexibility index (Phi) is 7.38. The molecule has 0 aliphatic carbocycles. The lowest BCUT2D eigenvalue weighted by Crippen LogP contribution is -2.40. The largest absolute Gasteiger partial charge is 0.355 e. The Bertz CT molecular complexity index is 655. The Morgan fingerprint density at radius 3 is 2.44 bits per heavy atom. The van der Waals surface area contributed by atoms with Crippen LogP contribution in [0.25, 0.3) is 0 Å². The van der Waals surface area contributed by atoms with Crippen LogP contribution in [-0.4, -0.2) is 44.0 Å². The number of sulfonamides is 1. The van der Waals surface area contributed by atoms with Crippen LogP contribution in [0.15, 0.2) is 24.3 Å². The summed E-state index contributed by atoms with van der Waals surface area (Å²) in [5, 5.41) is 2.70. The first-order valence-electron chi connectivity index (χ1n) is 8.92. The molecule has 5 nitrogen and oxygen atoms in total. The third kappa shape index (κ3) is 6.08. The second-order valence-corrected chi connectivity index (χ2v) is 8.57. The molecular weight excluding hydrogens is 343 g/mol. The first-order valence-corrected chi connectivity index (χ1v) is 10.5. The molecule has 1 atom stereocenters. The van der Waals surface area contributed by atoms with E-state index in [4.69, 9.17) is 0 Å². The summed E-state index contributed by atoms with van der Waals surface area (Å²) < 4.78 is 39.0. The smallest absolute Gasteiger partial charge is 0.220 e. The summed E-state index contributed by atoms with van der Waals surface area (Å²) in [7, 11) is -3.29. The Hall–Kier alpha value is -1.47. The minimum Gasteiger partial charge on any atom is -0.355 e. The maximum atomic E-state index is 13.0. The lowest BCUT2D eigenvalue weighted by atomic mass is 9.93. The van der Waals surface area contributed by atoms with E-state index in [0.717, 1.165) is 31.2 Å². The van der Waals surface area contributed by atoms with Gasteiger partial charge in [-0.25, -0.2) is 17.1 Å². The number of rotatable bonds is 8. The molecule has 0 aromatic heterocycles. The van der Waals surface area contributed by atoms with Crippen molar-refractivity contribution >= 4 is 15.9 Å². The summed E-state index contributed by atoms with van der Waals surface area (Å²) in [4.78, 5) is 12.1. The number of halogens is 1. The van der Waals surface area contributed by atoms with E-state index in [-0.39, 0.29) is 36.4 Å². The van der Waals surface area contributed by atoms with Gasteiger partial charge in [0.05, 0.1) is 5.75 Å². The molecule has 0 spiro atoms. The third-order valence-corrected chi connectivity index (χ3v) is 6.53. The molecule has 25 heavy (non-hydrogen) atoms.